The SMILES string of the molecule is Cc1cccc(N2CCC(C)C(n3ccnc3)C2)n1. The summed E-state index contributed by atoms with van der Waals surface area (Å²) < 4.78 is 2.23. The summed E-state index contributed by atoms with van der Waals surface area (Å²) in [4.78, 5) is 11.2. The third-order valence-electron chi connectivity index (χ3n) is 4.02. The summed E-state index contributed by atoms with van der Waals surface area (Å²) >= 11 is 0. The van der Waals surface area contributed by atoms with Gasteiger partial charge in [-0.1, -0.05) is 13.0 Å². The molecule has 0 spiro atoms. The Hall–Kier alpha value is -1.84. The van der Waals surface area contributed by atoms with Crippen LogP contribution in [0.2, 0.25) is 0 Å². The van der Waals surface area contributed by atoms with Crippen LogP contribution in [-0.4, -0.2) is 27.6 Å². The fraction of sp³-hybridized carbons (Fsp3) is 0.467. The van der Waals surface area contributed by atoms with E-state index in [9.17, 15) is 0 Å². The maximum absolute atomic E-state index is 4.64. The molecule has 2 atom stereocenters. The summed E-state index contributed by atoms with van der Waals surface area (Å²) in [6.45, 7) is 6.46. The van der Waals surface area contributed by atoms with Crippen LogP contribution in [0, 0.1) is 12.8 Å². The topological polar surface area (TPSA) is 34.0 Å². The lowest BCUT2D eigenvalue weighted by molar-refractivity contribution is 0.298. The van der Waals surface area contributed by atoms with Crippen LogP contribution in [0.15, 0.2) is 36.9 Å². The lowest BCUT2D eigenvalue weighted by atomic mass is 9.93. The molecular formula is C15H20N4. The number of rotatable bonds is 2. The fourth-order valence-corrected chi connectivity index (χ4v) is 2.82. The van der Waals surface area contributed by atoms with Crippen molar-refractivity contribution in [1.82, 2.24) is 14.5 Å². The molecule has 2 unspecified atom stereocenters. The van der Waals surface area contributed by atoms with Crippen LogP contribution in [0.3, 0.4) is 0 Å². The Labute approximate surface area is 114 Å². The van der Waals surface area contributed by atoms with E-state index in [0.29, 0.717) is 12.0 Å². The first-order valence-corrected chi connectivity index (χ1v) is 6.90. The lowest BCUT2D eigenvalue weighted by Crippen LogP contribution is -2.41. The summed E-state index contributed by atoms with van der Waals surface area (Å²) in [5.41, 5.74) is 1.08. The second-order valence-electron chi connectivity index (χ2n) is 5.43. The molecule has 1 fully saturated rings. The van der Waals surface area contributed by atoms with E-state index in [4.69, 9.17) is 0 Å². The molecule has 0 saturated carbocycles. The third-order valence-corrected chi connectivity index (χ3v) is 4.02. The van der Waals surface area contributed by atoms with E-state index in [-0.39, 0.29) is 0 Å². The van der Waals surface area contributed by atoms with Gasteiger partial charge < -0.3 is 9.47 Å². The van der Waals surface area contributed by atoms with E-state index in [1.807, 2.05) is 25.5 Å². The highest BCUT2D eigenvalue weighted by Crippen LogP contribution is 2.29. The van der Waals surface area contributed by atoms with Crippen molar-refractivity contribution in [3.05, 3.63) is 42.6 Å². The van der Waals surface area contributed by atoms with Crippen molar-refractivity contribution in [2.75, 3.05) is 18.0 Å². The molecule has 0 N–H and O–H groups in total. The molecule has 2 aromatic rings. The summed E-state index contributed by atoms with van der Waals surface area (Å²) in [5, 5.41) is 0. The number of nitrogens with zero attached hydrogens (tertiary/aromatic N) is 4. The number of hydrogen-bond donors (Lipinski definition) is 0. The van der Waals surface area contributed by atoms with Gasteiger partial charge in [0.15, 0.2) is 0 Å². The van der Waals surface area contributed by atoms with Crippen LogP contribution < -0.4 is 4.90 Å². The second kappa shape index (κ2) is 5.03. The van der Waals surface area contributed by atoms with Crippen LogP contribution in [-0.2, 0) is 0 Å². The van der Waals surface area contributed by atoms with E-state index in [1.165, 1.54) is 6.42 Å². The summed E-state index contributed by atoms with van der Waals surface area (Å²) in [6, 6.07) is 6.72. The zero-order valence-corrected chi connectivity index (χ0v) is 11.5. The number of hydrogen-bond acceptors (Lipinski definition) is 3. The van der Waals surface area contributed by atoms with Gasteiger partial charge in [-0.05, 0) is 31.4 Å². The first kappa shape index (κ1) is 12.2. The normalized spacial score (nSPS) is 23.6. The number of imidazole rings is 1. The van der Waals surface area contributed by atoms with Crippen LogP contribution in [0.5, 0.6) is 0 Å². The molecular weight excluding hydrogens is 236 g/mol. The standard InChI is InChI=1S/C15H20N4/c1-12-6-8-18(15-5-3-4-13(2)17-15)10-14(12)19-9-7-16-11-19/h3-5,7,9,11-12,14H,6,8,10H2,1-2H3. The van der Waals surface area contributed by atoms with Gasteiger partial charge in [0.05, 0.1) is 12.4 Å². The molecule has 19 heavy (non-hydrogen) atoms. The van der Waals surface area contributed by atoms with Crippen molar-refractivity contribution in [2.24, 2.45) is 5.92 Å². The number of aromatic nitrogens is 3. The summed E-state index contributed by atoms with van der Waals surface area (Å²) in [7, 11) is 0. The van der Waals surface area contributed by atoms with Crippen molar-refractivity contribution in [1.29, 1.82) is 0 Å². The van der Waals surface area contributed by atoms with Gasteiger partial charge in [0.1, 0.15) is 5.82 Å². The van der Waals surface area contributed by atoms with Gasteiger partial charge in [-0.3, -0.25) is 0 Å². The van der Waals surface area contributed by atoms with Gasteiger partial charge in [0, 0.05) is 31.2 Å². The molecule has 1 aliphatic heterocycles. The number of piperidine rings is 1. The summed E-state index contributed by atoms with van der Waals surface area (Å²) in [6.07, 6.45) is 7.04. The maximum Gasteiger partial charge on any atom is 0.128 e. The quantitative estimate of drug-likeness (QED) is 0.828. The Kier molecular flexibility index (Phi) is 3.23. The number of aryl methyl sites for hydroxylation is 1. The molecule has 100 valence electrons. The van der Waals surface area contributed by atoms with Crippen LogP contribution in [0.1, 0.15) is 25.1 Å². The molecule has 2 aromatic heterocycles. The maximum atomic E-state index is 4.64. The van der Waals surface area contributed by atoms with Gasteiger partial charge in [0.2, 0.25) is 0 Å². The van der Waals surface area contributed by atoms with Crippen LogP contribution in [0.25, 0.3) is 0 Å². The number of anilines is 1. The van der Waals surface area contributed by atoms with Gasteiger partial charge >= 0.3 is 0 Å². The van der Waals surface area contributed by atoms with E-state index in [1.54, 1.807) is 0 Å². The predicted octanol–water partition coefficient (Wildman–Crippen LogP) is 2.67. The average molecular weight is 256 g/mol. The Balaban J connectivity index is 1.82. The van der Waals surface area contributed by atoms with Gasteiger partial charge in [-0.25, -0.2) is 9.97 Å². The first-order valence-electron chi connectivity index (χ1n) is 6.90. The largest absolute Gasteiger partial charge is 0.355 e. The van der Waals surface area contributed by atoms with Gasteiger partial charge in [-0.15, -0.1) is 0 Å². The minimum Gasteiger partial charge on any atom is -0.355 e. The van der Waals surface area contributed by atoms with E-state index < -0.39 is 0 Å². The van der Waals surface area contributed by atoms with Gasteiger partial charge in [-0.2, -0.15) is 0 Å². The Morgan fingerprint density at radius 1 is 1.32 bits per heavy atom. The van der Waals surface area contributed by atoms with E-state index in [2.05, 4.69) is 44.7 Å². The highest BCUT2D eigenvalue weighted by Gasteiger charge is 2.27. The monoisotopic (exact) mass is 256 g/mol. The average Bonchev–Trinajstić information content (AvgIpc) is 2.93. The molecule has 0 radical (unpaired) electrons. The highest BCUT2D eigenvalue weighted by molar-refractivity contribution is 5.40. The fourth-order valence-electron chi connectivity index (χ4n) is 2.82. The van der Waals surface area contributed by atoms with Crippen molar-refractivity contribution >= 4 is 5.82 Å². The molecule has 0 aliphatic carbocycles. The molecule has 3 heterocycles. The molecule has 1 aliphatic rings. The molecule has 3 rings (SSSR count). The van der Waals surface area contributed by atoms with Crippen molar-refractivity contribution in [3.63, 3.8) is 0 Å². The zero-order chi connectivity index (χ0) is 13.2. The lowest BCUT2D eigenvalue weighted by Gasteiger charge is -2.38. The van der Waals surface area contributed by atoms with Crippen LogP contribution in [0.4, 0.5) is 5.82 Å². The van der Waals surface area contributed by atoms with Crippen molar-refractivity contribution in [3.8, 4) is 0 Å². The Bertz CT molecular complexity index is 535. The minimum absolute atomic E-state index is 0.485. The molecule has 0 bridgehead atoms. The first-order chi connectivity index (χ1) is 9.24. The molecule has 4 heteroatoms. The van der Waals surface area contributed by atoms with E-state index >= 15 is 0 Å². The Morgan fingerprint density at radius 2 is 2.21 bits per heavy atom. The number of pyridine rings is 1. The minimum atomic E-state index is 0.485. The summed E-state index contributed by atoms with van der Waals surface area (Å²) in [5.74, 6) is 1.77. The Morgan fingerprint density at radius 3 is 2.95 bits per heavy atom. The smallest absolute Gasteiger partial charge is 0.128 e. The molecule has 0 aromatic carbocycles. The van der Waals surface area contributed by atoms with Gasteiger partial charge in [0.25, 0.3) is 0 Å². The van der Waals surface area contributed by atoms with Crippen molar-refractivity contribution in [2.45, 2.75) is 26.3 Å². The zero-order valence-electron chi connectivity index (χ0n) is 11.5. The van der Waals surface area contributed by atoms with E-state index in [0.717, 1.165) is 24.6 Å². The highest BCUT2D eigenvalue weighted by atomic mass is 15.2. The van der Waals surface area contributed by atoms with Crippen molar-refractivity contribution < 1.29 is 0 Å². The second-order valence-corrected chi connectivity index (χ2v) is 5.43. The predicted molar refractivity (Wildman–Crippen MR) is 76.2 cm³/mol. The third kappa shape index (κ3) is 2.48. The molecule has 0 amide bonds. The molecule has 4 nitrogen and oxygen atoms in total. The molecule has 1 saturated heterocycles. The van der Waals surface area contributed by atoms with Crippen LogP contribution >= 0.6 is 0 Å².